The molecule has 98 valence electrons. The highest BCUT2D eigenvalue weighted by atomic mass is 32.2. The van der Waals surface area contributed by atoms with Crippen LogP contribution in [0.3, 0.4) is 0 Å². The first-order chi connectivity index (χ1) is 8.61. The first kappa shape index (κ1) is 13.4. The maximum absolute atomic E-state index is 12.2. The summed E-state index contributed by atoms with van der Waals surface area (Å²) in [5, 5.41) is 0. The molecule has 1 aliphatic rings. The Kier molecular flexibility index (Phi) is 3.97. The fourth-order valence-electron chi connectivity index (χ4n) is 2.14. The quantitative estimate of drug-likeness (QED) is 0.829. The Morgan fingerprint density at radius 3 is 2.44 bits per heavy atom. The molecule has 3 nitrogen and oxygen atoms in total. The van der Waals surface area contributed by atoms with Gasteiger partial charge in [0, 0.05) is 25.0 Å². The van der Waals surface area contributed by atoms with E-state index in [1.165, 1.54) is 4.90 Å². The highest BCUT2D eigenvalue weighted by Gasteiger charge is 2.49. The van der Waals surface area contributed by atoms with Crippen LogP contribution in [0.2, 0.25) is 0 Å². The second-order valence-electron chi connectivity index (χ2n) is 4.99. The number of rotatable bonds is 5. The van der Waals surface area contributed by atoms with Crippen LogP contribution in [-0.4, -0.2) is 30.7 Å². The molecule has 1 aromatic rings. The summed E-state index contributed by atoms with van der Waals surface area (Å²) in [5.41, 5.74) is 6.61. The van der Waals surface area contributed by atoms with E-state index in [1.54, 1.807) is 16.7 Å². The molecule has 0 spiro atoms. The Morgan fingerprint density at radius 1 is 1.39 bits per heavy atom. The van der Waals surface area contributed by atoms with Crippen molar-refractivity contribution in [1.82, 2.24) is 4.90 Å². The Labute approximate surface area is 113 Å². The van der Waals surface area contributed by atoms with Crippen molar-refractivity contribution in [2.24, 2.45) is 11.1 Å². The van der Waals surface area contributed by atoms with Crippen LogP contribution in [0.1, 0.15) is 18.4 Å². The van der Waals surface area contributed by atoms with Crippen molar-refractivity contribution < 1.29 is 4.79 Å². The van der Waals surface area contributed by atoms with Crippen molar-refractivity contribution in [3.63, 3.8) is 0 Å². The zero-order valence-corrected chi connectivity index (χ0v) is 11.8. The molecule has 1 fully saturated rings. The minimum absolute atomic E-state index is 0.193. The van der Waals surface area contributed by atoms with Gasteiger partial charge in [0.1, 0.15) is 0 Å². The summed E-state index contributed by atoms with van der Waals surface area (Å²) in [6.07, 6.45) is 3.94. The van der Waals surface area contributed by atoms with Gasteiger partial charge in [-0.3, -0.25) is 4.79 Å². The van der Waals surface area contributed by atoms with Gasteiger partial charge in [-0.2, -0.15) is 0 Å². The third-order valence-electron chi connectivity index (χ3n) is 3.62. The predicted octanol–water partition coefficient (Wildman–Crippen LogP) is 2.11. The molecule has 0 atom stereocenters. The van der Waals surface area contributed by atoms with Gasteiger partial charge in [0.05, 0.1) is 5.41 Å². The molecule has 1 amide bonds. The number of thioether (sulfide) groups is 1. The second-order valence-corrected chi connectivity index (χ2v) is 5.87. The van der Waals surface area contributed by atoms with Crippen molar-refractivity contribution in [3.8, 4) is 0 Å². The lowest BCUT2D eigenvalue weighted by molar-refractivity contribution is -0.135. The standard InChI is InChI=1S/C14H20N2OS/c1-16(13(17)14(10-15)7-8-14)9-11-3-5-12(18-2)6-4-11/h3-6H,7-10,15H2,1-2H3. The maximum Gasteiger partial charge on any atom is 0.230 e. The lowest BCUT2D eigenvalue weighted by atomic mass is 10.1. The number of nitrogens with zero attached hydrogens (tertiary/aromatic N) is 1. The van der Waals surface area contributed by atoms with Gasteiger partial charge in [0.15, 0.2) is 0 Å². The summed E-state index contributed by atoms with van der Waals surface area (Å²) in [6, 6.07) is 8.34. The van der Waals surface area contributed by atoms with E-state index in [0.717, 1.165) is 18.4 Å². The van der Waals surface area contributed by atoms with Crippen LogP contribution in [0, 0.1) is 5.41 Å². The Bertz CT molecular complexity index is 426. The average Bonchev–Trinajstić information content (AvgIpc) is 3.19. The van der Waals surface area contributed by atoms with Gasteiger partial charge < -0.3 is 10.6 Å². The number of nitrogens with two attached hydrogens (primary N) is 1. The first-order valence-corrected chi connectivity index (χ1v) is 7.42. The second kappa shape index (κ2) is 5.33. The fraction of sp³-hybridized carbons (Fsp3) is 0.500. The molecule has 2 N–H and O–H groups in total. The summed E-state index contributed by atoms with van der Waals surface area (Å²) >= 11 is 1.72. The molecule has 2 rings (SSSR count). The number of hydrogen-bond acceptors (Lipinski definition) is 3. The Hall–Kier alpha value is -1.00. The Balaban J connectivity index is 1.98. The van der Waals surface area contributed by atoms with Crippen molar-refractivity contribution in [2.75, 3.05) is 19.8 Å². The molecular formula is C14H20N2OS. The van der Waals surface area contributed by atoms with E-state index in [0.29, 0.717) is 13.1 Å². The summed E-state index contributed by atoms with van der Waals surface area (Å²) in [7, 11) is 1.86. The van der Waals surface area contributed by atoms with Gasteiger partial charge in [0.2, 0.25) is 5.91 Å². The van der Waals surface area contributed by atoms with Gasteiger partial charge in [0.25, 0.3) is 0 Å². The molecule has 1 saturated carbocycles. The molecular weight excluding hydrogens is 244 g/mol. The van der Waals surface area contributed by atoms with Gasteiger partial charge in [-0.05, 0) is 36.8 Å². The maximum atomic E-state index is 12.2. The number of carbonyl (C=O) groups is 1. The smallest absolute Gasteiger partial charge is 0.230 e. The number of amides is 1. The van der Waals surface area contributed by atoms with Crippen LogP contribution in [0.4, 0.5) is 0 Å². The molecule has 0 saturated heterocycles. The lowest BCUT2D eigenvalue weighted by Crippen LogP contribution is -2.37. The van der Waals surface area contributed by atoms with Gasteiger partial charge >= 0.3 is 0 Å². The molecule has 1 aromatic carbocycles. The minimum atomic E-state index is -0.242. The van der Waals surface area contributed by atoms with Crippen molar-refractivity contribution in [2.45, 2.75) is 24.3 Å². The molecule has 0 heterocycles. The van der Waals surface area contributed by atoms with E-state index in [-0.39, 0.29) is 11.3 Å². The monoisotopic (exact) mass is 264 g/mol. The largest absolute Gasteiger partial charge is 0.341 e. The topological polar surface area (TPSA) is 46.3 Å². The summed E-state index contributed by atoms with van der Waals surface area (Å²) in [6.45, 7) is 1.14. The van der Waals surface area contributed by atoms with Crippen LogP contribution < -0.4 is 5.73 Å². The van der Waals surface area contributed by atoms with Gasteiger partial charge in [-0.15, -0.1) is 11.8 Å². The van der Waals surface area contributed by atoms with E-state index in [1.807, 2.05) is 7.05 Å². The minimum Gasteiger partial charge on any atom is -0.341 e. The molecule has 0 aliphatic heterocycles. The first-order valence-electron chi connectivity index (χ1n) is 6.20. The highest BCUT2D eigenvalue weighted by Crippen LogP contribution is 2.46. The average molecular weight is 264 g/mol. The summed E-state index contributed by atoms with van der Waals surface area (Å²) in [4.78, 5) is 15.3. The lowest BCUT2D eigenvalue weighted by Gasteiger charge is -2.22. The van der Waals surface area contributed by atoms with E-state index >= 15 is 0 Å². The fourth-order valence-corrected chi connectivity index (χ4v) is 2.55. The van der Waals surface area contributed by atoms with Gasteiger partial charge in [-0.25, -0.2) is 0 Å². The third-order valence-corrected chi connectivity index (χ3v) is 4.37. The van der Waals surface area contributed by atoms with E-state index in [9.17, 15) is 4.79 Å². The molecule has 0 radical (unpaired) electrons. The van der Waals surface area contributed by atoms with E-state index < -0.39 is 0 Å². The molecule has 0 aromatic heterocycles. The van der Waals surface area contributed by atoms with Crippen LogP contribution in [0.15, 0.2) is 29.2 Å². The molecule has 1 aliphatic carbocycles. The molecule has 4 heteroatoms. The summed E-state index contributed by atoms with van der Waals surface area (Å²) in [5.74, 6) is 0.193. The SMILES string of the molecule is CSc1ccc(CN(C)C(=O)C2(CN)CC2)cc1. The Morgan fingerprint density at radius 2 is 2.00 bits per heavy atom. The van der Waals surface area contributed by atoms with Crippen molar-refractivity contribution >= 4 is 17.7 Å². The number of benzene rings is 1. The molecule has 0 unspecified atom stereocenters. The zero-order valence-electron chi connectivity index (χ0n) is 11.0. The van der Waals surface area contributed by atoms with Crippen LogP contribution in [0.5, 0.6) is 0 Å². The van der Waals surface area contributed by atoms with E-state index in [2.05, 4.69) is 30.5 Å². The number of hydrogen-bond donors (Lipinski definition) is 1. The third kappa shape index (κ3) is 2.70. The number of carbonyl (C=O) groups excluding carboxylic acids is 1. The molecule has 18 heavy (non-hydrogen) atoms. The highest BCUT2D eigenvalue weighted by molar-refractivity contribution is 7.98. The van der Waals surface area contributed by atoms with Crippen LogP contribution in [0.25, 0.3) is 0 Å². The van der Waals surface area contributed by atoms with Gasteiger partial charge in [-0.1, -0.05) is 12.1 Å². The van der Waals surface area contributed by atoms with Crippen LogP contribution >= 0.6 is 11.8 Å². The van der Waals surface area contributed by atoms with Crippen molar-refractivity contribution in [1.29, 1.82) is 0 Å². The zero-order chi connectivity index (χ0) is 13.2. The van der Waals surface area contributed by atoms with E-state index in [4.69, 9.17) is 5.73 Å². The van der Waals surface area contributed by atoms with Crippen LogP contribution in [-0.2, 0) is 11.3 Å². The van der Waals surface area contributed by atoms with Crippen molar-refractivity contribution in [3.05, 3.63) is 29.8 Å². The predicted molar refractivity (Wildman–Crippen MR) is 75.4 cm³/mol. The summed E-state index contributed by atoms with van der Waals surface area (Å²) < 4.78 is 0. The normalized spacial score (nSPS) is 16.4. The molecule has 0 bridgehead atoms.